The van der Waals surface area contributed by atoms with E-state index in [4.69, 9.17) is 0 Å². The van der Waals surface area contributed by atoms with Crippen molar-refractivity contribution in [1.82, 2.24) is 4.98 Å². The molecule has 0 fully saturated rings. The van der Waals surface area contributed by atoms with Crippen molar-refractivity contribution in [3.05, 3.63) is 29.6 Å². The molecule has 0 bridgehead atoms. The van der Waals surface area contributed by atoms with Crippen molar-refractivity contribution in [2.75, 3.05) is 0 Å². The van der Waals surface area contributed by atoms with Gasteiger partial charge in [-0.15, -0.1) is 0 Å². The van der Waals surface area contributed by atoms with Crippen LogP contribution in [0.4, 0.5) is 0 Å². The van der Waals surface area contributed by atoms with E-state index in [9.17, 15) is 4.79 Å². The minimum atomic E-state index is 0.282. The largest absolute Gasteiger partial charge is 0.299 e. The van der Waals surface area contributed by atoms with Crippen LogP contribution in [0.5, 0.6) is 0 Å². The lowest BCUT2D eigenvalue weighted by Crippen LogP contribution is -2.03. The normalized spacial score (nSPS) is 10.1. The molecule has 0 N–H and O–H groups in total. The molecule has 0 radical (unpaired) electrons. The second-order valence-electron chi connectivity index (χ2n) is 3.48. The van der Waals surface area contributed by atoms with Crippen molar-refractivity contribution in [1.29, 1.82) is 0 Å². The van der Waals surface area contributed by atoms with Crippen LogP contribution in [0.25, 0.3) is 0 Å². The van der Waals surface area contributed by atoms with Crippen LogP contribution in [0, 0.1) is 0 Å². The molecule has 0 aliphatic carbocycles. The van der Waals surface area contributed by atoms with Gasteiger partial charge in [-0.3, -0.25) is 9.78 Å². The average Bonchev–Trinajstić information content (AvgIpc) is 2.19. The maximum absolute atomic E-state index is 11.3. The van der Waals surface area contributed by atoms with E-state index in [-0.39, 0.29) is 5.78 Å². The fraction of sp³-hybridized carbons (Fsp3) is 0.500. The SMILES string of the molecule is CCCC(=O)Cc1ccc(CC)cn1. The first kappa shape index (κ1) is 10.9. The molecule has 1 rings (SSSR count). The third-order valence-electron chi connectivity index (χ3n) is 2.20. The Morgan fingerprint density at radius 3 is 2.64 bits per heavy atom. The Kier molecular flexibility index (Phi) is 4.30. The Morgan fingerprint density at radius 2 is 2.14 bits per heavy atom. The summed E-state index contributed by atoms with van der Waals surface area (Å²) >= 11 is 0. The van der Waals surface area contributed by atoms with E-state index in [0.29, 0.717) is 12.8 Å². The molecule has 0 atom stereocenters. The molecule has 1 aromatic rings. The minimum absolute atomic E-state index is 0.282. The van der Waals surface area contributed by atoms with Crippen molar-refractivity contribution in [2.45, 2.75) is 39.5 Å². The summed E-state index contributed by atoms with van der Waals surface area (Å²) in [6, 6.07) is 3.99. The number of aryl methyl sites for hydroxylation is 1. The van der Waals surface area contributed by atoms with Gasteiger partial charge in [0.15, 0.2) is 0 Å². The Balaban J connectivity index is 2.55. The third-order valence-corrected chi connectivity index (χ3v) is 2.20. The Hall–Kier alpha value is -1.18. The van der Waals surface area contributed by atoms with Gasteiger partial charge in [-0.05, 0) is 24.5 Å². The number of aromatic nitrogens is 1. The molecule has 14 heavy (non-hydrogen) atoms. The molecular formula is C12H17NO. The second kappa shape index (κ2) is 5.53. The monoisotopic (exact) mass is 191 g/mol. The summed E-state index contributed by atoms with van der Waals surface area (Å²) in [5.74, 6) is 0.282. The number of hydrogen-bond acceptors (Lipinski definition) is 2. The topological polar surface area (TPSA) is 30.0 Å². The lowest BCUT2D eigenvalue weighted by molar-refractivity contribution is -0.118. The van der Waals surface area contributed by atoms with E-state index in [1.807, 2.05) is 25.3 Å². The van der Waals surface area contributed by atoms with Gasteiger partial charge < -0.3 is 0 Å². The van der Waals surface area contributed by atoms with E-state index < -0.39 is 0 Å². The molecule has 0 saturated heterocycles. The molecule has 2 heteroatoms. The zero-order valence-corrected chi connectivity index (χ0v) is 8.92. The predicted octanol–water partition coefficient (Wildman–Crippen LogP) is 2.56. The summed E-state index contributed by atoms with van der Waals surface area (Å²) in [7, 11) is 0. The number of rotatable bonds is 5. The van der Waals surface area contributed by atoms with Gasteiger partial charge in [-0.25, -0.2) is 0 Å². The Labute approximate surface area is 85.4 Å². The van der Waals surface area contributed by atoms with E-state index in [2.05, 4.69) is 11.9 Å². The molecule has 0 aliphatic heterocycles. The average molecular weight is 191 g/mol. The molecular weight excluding hydrogens is 174 g/mol. The number of ketones is 1. The molecule has 0 spiro atoms. The summed E-state index contributed by atoms with van der Waals surface area (Å²) in [4.78, 5) is 15.6. The van der Waals surface area contributed by atoms with Gasteiger partial charge >= 0.3 is 0 Å². The van der Waals surface area contributed by atoms with Crippen LogP contribution in [0.1, 0.15) is 37.9 Å². The smallest absolute Gasteiger partial charge is 0.138 e. The molecule has 2 nitrogen and oxygen atoms in total. The highest BCUT2D eigenvalue weighted by molar-refractivity contribution is 5.80. The van der Waals surface area contributed by atoms with Gasteiger partial charge in [0, 0.05) is 24.7 Å². The maximum atomic E-state index is 11.3. The van der Waals surface area contributed by atoms with Gasteiger partial charge in [0.2, 0.25) is 0 Å². The van der Waals surface area contributed by atoms with E-state index in [0.717, 1.165) is 18.5 Å². The van der Waals surface area contributed by atoms with E-state index >= 15 is 0 Å². The molecule has 1 aromatic heterocycles. The first-order chi connectivity index (χ1) is 6.76. The molecule has 0 aromatic carbocycles. The van der Waals surface area contributed by atoms with Gasteiger partial charge in [0.05, 0.1) is 0 Å². The molecule has 0 unspecified atom stereocenters. The van der Waals surface area contributed by atoms with E-state index in [1.165, 1.54) is 5.56 Å². The van der Waals surface area contributed by atoms with Crippen LogP contribution in [-0.4, -0.2) is 10.8 Å². The van der Waals surface area contributed by atoms with Crippen molar-refractivity contribution in [3.63, 3.8) is 0 Å². The summed E-state index contributed by atoms with van der Waals surface area (Å²) in [5.41, 5.74) is 2.11. The first-order valence-corrected chi connectivity index (χ1v) is 5.21. The van der Waals surface area contributed by atoms with Crippen molar-refractivity contribution >= 4 is 5.78 Å². The van der Waals surface area contributed by atoms with Crippen LogP contribution in [0.2, 0.25) is 0 Å². The highest BCUT2D eigenvalue weighted by atomic mass is 16.1. The maximum Gasteiger partial charge on any atom is 0.138 e. The van der Waals surface area contributed by atoms with Gasteiger partial charge in [-0.1, -0.05) is 19.9 Å². The van der Waals surface area contributed by atoms with Crippen LogP contribution in [0.15, 0.2) is 18.3 Å². The molecule has 0 aliphatic rings. The predicted molar refractivity (Wildman–Crippen MR) is 57.2 cm³/mol. The third kappa shape index (κ3) is 3.29. The van der Waals surface area contributed by atoms with Crippen molar-refractivity contribution in [2.24, 2.45) is 0 Å². The number of hydrogen-bond donors (Lipinski definition) is 0. The van der Waals surface area contributed by atoms with E-state index in [1.54, 1.807) is 0 Å². The number of pyridine rings is 1. The Bertz CT molecular complexity index is 290. The number of Topliss-reactive ketones (excluding diaryl/α,β-unsaturated/α-hetero) is 1. The number of carbonyl (C=O) groups excluding carboxylic acids is 1. The zero-order valence-electron chi connectivity index (χ0n) is 8.92. The van der Waals surface area contributed by atoms with Crippen LogP contribution >= 0.6 is 0 Å². The molecule has 1 heterocycles. The second-order valence-corrected chi connectivity index (χ2v) is 3.48. The Morgan fingerprint density at radius 1 is 1.36 bits per heavy atom. The first-order valence-electron chi connectivity index (χ1n) is 5.21. The molecule has 76 valence electrons. The summed E-state index contributed by atoms with van der Waals surface area (Å²) in [5, 5.41) is 0. The van der Waals surface area contributed by atoms with Crippen molar-refractivity contribution in [3.8, 4) is 0 Å². The minimum Gasteiger partial charge on any atom is -0.299 e. The zero-order chi connectivity index (χ0) is 10.4. The summed E-state index contributed by atoms with van der Waals surface area (Å²) in [6.07, 6.45) is 4.92. The standard InChI is InChI=1S/C12H17NO/c1-3-5-12(14)8-11-7-6-10(4-2)9-13-11/h6-7,9H,3-5,8H2,1-2H3. The van der Waals surface area contributed by atoms with Gasteiger partial charge in [0.1, 0.15) is 5.78 Å². The quantitative estimate of drug-likeness (QED) is 0.716. The van der Waals surface area contributed by atoms with Gasteiger partial charge in [-0.2, -0.15) is 0 Å². The number of carbonyl (C=O) groups is 1. The van der Waals surface area contributed by atoms with Gasteiger partial charge in [0.25, 0.3) is 0 Å². The molecule has 0 amide bonds. The van der Waals surface area contributed by atoms with Crippen LogP contribution in [0.3, 0.4) is 0 Å². The van der Waals surface area contributed by atoms with Crippen LogP contribution in [-0.2, 0) is 17.6 Å². The summed E-state index contributed by atoms with van der Waals surface area (Å²) < 4.78 is 0. The van der Waals surface area contributed by atoms with Crippen molar-refractivity contribution < 1.29 is 4.79 Å². The molecule has 0 saturated carbocycles. The number of nitrogens with zero attached hydrogens (tertiary/aromatic N) is 1. The fourth-order valence-corrected chi connectivity index (χ4v) is 1.34. The fourth-order valence-electron chi connectivity index (χ4n) is 1.34. The summed E-state index contributed by atoms with van der Waals surface area (Å²) in [6.45, 7) is 4.12. The van der Waals surface area contributed by atoms with Crippen LogP contribution < -0.4 is 0 Å². The lowest BCUT2D eigenvalue weighted by atomic mass is 10.1. The highest BCUT2D eigenvalue weighted by Gasteiger charge is 2.02. The highest BCUT2D eigenvalue weighted by Crippen LogP contribution is 2.03. The lowest BCUT2D eigenvalue weighted by Gasteiger charge is -2.00.